The summed E-state index contributed by atoms with van der Waals surface area (Å²) in [6.45, 7) is 10.1. The second kappa shape index (κ2) is 12.6. The van der Waals surface area contributed by atoms with Crippen molar-refractivity contribution in [3.63, 3.8) is 0 Å². The van der Waals surface area contributed by atoms with Crippen LogP contribution >= 0.6 is 0 Å². The van der Waals surface area contributed by atoms with Crippen molar-refractivity contribution in [3.8, 4) is 11.5 Å². The van der Waals surface area contributed by atoms with E-state index in [1.807, 2.05) is 24.3 Å². The molecule has 0 aliphatic carbocycles. The van der Waals surface area contributed by atoms with E-state index in [-0.39, 0.29) is 17.8 Å². The first-order valence-electron chi connectivity index (χ1n) is 13.8. The molecule has 2 saturated heterocycles. The highest BCUT2D eigenvalue weighted by Crippen LogP contribution is 2.28. The lowest BCUT2D eigenvalue weighted by Gasteiger charge is -2.33. The van der Waals surface area contributed by atoms with Gasteiger partial charge in [-0.05, 0) is 67.3 Å². The minimum Gasteiger partial charge on any atom is -0.497 e. The summed E-state index contributed by atoms with van der Waals surface area (Å²) < 4.78 is 11.3. The van der Waals surface area contributed by atoms with Crippen LogP contribution in [0.5, 0.6) is 11.5 Å². The number of piperidine rings is 2. The maximum absolute atomic E-state index is 13.0. The molecule has 3 heterocycles. The maximum Gasteiger partial charge on any atom is 0.272 e. The number of Topliss-reactive ketones (excluding diaryl/α,β-unsaturated/α-hetero) is 1. The number of methoxy groups -OCH3 is 1. The molecule has 1 amide bonds. The summed E-state index contributed by atoms with van der Waals surface area (Å²) in [6, 6.07) is 18.6. The minimum atomic E-state index is -0.121. The Morgan fingerprint density at radius 2 is 1.57 bits per heavy atom. The van der Waals surface area contributed by atoms with Crippen LogP contribution in [0.4, 0.5) is 11.4 Å². The topological polar surface area (TPSA) is 76.3 Å². The molecule has 0 saturated carbocycles. The average Bonchev–Trinajstić information content (AvgIpc) is 3.02. The Morgan fingerprint density at radius 1 is 0.900 bits per heavy atom. The second-order valence-corrected chi connectivity index (χ2v) is 10.4. The van der Waals surface area contributed by atoms with Gasteiger partial charge in [0.1, 0.15) is 23.3 Å². The first-order valence-corrected chi connectivity index (χ1v) is 13.8. The lowest BCUT2D eigenvalue weighted by molar-refractivity contribution is 0.0589. The molecule has 0 bridgehead atoms. The van der Waals surface area contributed by atoms with Crippen LogP contribution < -0.4 is 14.4 Å². The van der Waals surface area contributed by atoms with Crippen LogP contribution in [0.15, 0.2) is 66.9 Å². The molecule has 0 unspecified atom stereocenters. The Labute approximate surface area is 235 Å². The van der Waals surface area contributed by atoms with Crippen LogP contribution in [0.25, 0.3) is 4.85 Å². The van der Waals surface area contributed by atoms with E-state index in [0.29, 0.717) is 42.4 Å². The summed E-state index contributed by atoms with van der Waals surface area (Å²) in [5.74, 6) is 1.89. The van der Waals surface area contributed by atoms with E-state index >= 15 is 0 Å². The lowest BCUT2D eigenvalue weighted by Crippen LogP contribution is -2.42. The normalized spacial score (nSPS) is 16.3. The van der Waals surface area contributed by atoms with Gasteiger partial charge in [-0.25, -0.2) is 4.85 Å². The van der Waals surface area contributed by atoms with Gasteiger partial charge >= 0.3 is 0 Å². The summed E-state index contributed by atoms with van der Waals surface area (Å²) >= 11 is 0. The molecule has 8 heteroatoms. The van der Waals surface area contributed by atoms with Gasteiger partial charge in [0.15, 0.2) is 11.5 Å². The number of nitrogens with zero attached hydrogens (tertiary/aromatic N) is 4. The highest BCUT2D eigenvalue weighted by atomic mass is 16.5. The summed E-state index contributed by atoms with van der Waals surface area (Å²) in [5, 5.41) is 0. The number of ketones is 1. The number of amides is 1. The van der Waals surface area contributed by atoms with Crippen LogP contribution in [0, 0.1) is 12.5 Å². The highest BCUT2D eigenvalue weighted by Gasteiger charge is 2.26. The van der Waals surface area contributed by atoms with Crippen LogP contribution in [-0.4, -0.2) is 61.0 Å². The molecule has 2 aliphatic rings. The molecule has 3 aromatic rings. The van der Waals surface area contributed by atoms with Crippen molar-refractivity contribution in [2.75, 3.05) is 38.2 Å². The van der Waals surface area contributed by atoms with Gasteiger partial charge in [0.2, 0.25) is 0 Å². The summed E-state index contributed by atoms with van der Waals surface area (Å²) in [4.78, 5) is 37.9. The van der Waals surface area contributed by atoms with Gasteiger partial charge in [-0.1, -0.05) is 12.1 Å². The van der Waals surface area contributed by atoms with Gasteiger partial charge in [0, 0.05) is 62.9 Å². The van der Waals surface area contributed by atoms with Crippen molar-refractivity contribution in [2.45, 2.75) is 38.2 Å². The summed E-state index contributed by atoms with van der Waals surface area (Å²) in [7, 11) is 1.67. The SMILES string of the molecule is [C-]#[N+]c1ccc(OC2CCN(C(=O)c3ccc(C(=O)CC4CCN(c5ccc(OC)cc5)CC4)cn3)CC2)cc1. The third kappa shape index (κ3) is 6.60. The Hall–Kier alpha value is -4.38. The van der Waals surface area contributed by atoms with Gasteiger partial charge in [-0.2, -0.15) is 0 Å². The number of ether oxygens (including phenoxy) is 2. The highest BCUT2D eigenvalue weighted by molar-refractivity contribution is 5.97. The largest absolute Gasteiger partial charge is 0.497 e. The van der Waals surface area contributed by atoms with E-state index in [1.54, 1.807) is 42.5 Å². The number of carbonyl (C=O) groups excluding carboxylic acids is 2. The quantitative estimate of drug-likeness (QED) is 0.266. The molecule has 1 aromatic heterocycles. The Morgan fingerprint density at radius 3 is 2.17 bits per heavy atom. The third-order valence-corrected chi connectivity index (χ3v) is 7.83. The van der Waals surface area contributed by atoms with Gasteiger partial charge in [-0.3, -0.25) is 14.6 Å². The first kappa shape index (κ1) is 27.2. The van der Waals surface area contributed by atoms with E-state index < -0.39 is 0 Å². The van der Waals surface area contributed by atoms with Crippen LogP contribution in [0.3, 0.4) is 0 Å². The maximum atomic E-state index is 13.0. The molecule has 206 valence electrons. The fraction of sp³-hybridized carbons (Fsp3) is 0.375. The number of rotatable bonds is 8. The van der Waals surface area contributed by atoms with Crippen molar-refractivity contribution < 1.29 is 19.1 Å². The number of aromatic nitrogens is 1. The van der Waals surface area contributed by atoms with Crippen LogP contribution in [0.2, 0.25) is 0 Å². The Kier molecular flexibility index (Phi) is 8.60. The third-order valence-electron chi connectivity index (χ3n) is 7.83. The molecule has 0 atom stereocenters. The molecule has 0 N–H and O–H groups in total. The van der Waals surface area contributed by atoms with E-state index in [1.165, 1.54) is 5.69 Å². The first-order chi connectivity index (χ1) is 19.5. The van der Waals surface area contributed by atoms with Crippen molar-refractivity contribution in [1.29, 1.82) is 0 Å². The molecule has 2 aromatic carbocycles. The van der Waals surface area contributed by atoms with Gasteiger partial charge in [-0.15, -0.1) is 0 Å². The second-order valence-electron chi connectivity index (χ2n) is 10.4. The fourth-order valence-electron chi connectivity index (χ4n) is 5.38. The zero-order chi connectivity index (χ0) is 27.9. The molecule has 0 spiro atoms. The average molecular weight is 539 g/mol. The smallest absolute Gasteiger partial charge is 0.272 e. The van der Waals surface area contributed by atoms with E-state index in [9.17, 15) is 9.59 Å². The molecule has 2 fully saturated rings. The fourth-order valence-corrected chi connectivity index (χ4v) is 5.38. The molecular formula is C32H34N4O4. The predicted octanol–water partition coefficient (Wildman–Crippen LogP) is 5.81. The van der Waals surface area contributed by atoms with E-state index in [2.05, 4.69) is 26.9 Å². The summed E-state index contributed by atoms with van der Waals surface area (Å²) in [5.41, 5.74) is 2.68. The van der Waals surface area contributed by atoms with Crippen molar-refractivity contribution >= 4 is 23.1 Å². The number of pyridine rings is 1. The standard InChI is InChI=1S/C32H34N4O4/c1-33-25-4-8-28(9-5-25)40-29-15-19-36(20-16-29)32(38)30-12-3-24(22-34-30)31(37)21-23-13-17-35(18-14-23)26-6-10-27(39-2)11-7-26/h3-12,22-23,29H,13-21H2,2H3. The zero-order valence-corrected chi connectivity index (χ0v) is 22.8. The van der Waals surface area contributed by atoms with Gasteiger partial charge in [0.25, 0.3) is 5.91 Å². The number of likely N-dealkylation sites (tertiary alicyclic amines) is 1. The number of anilines is 1. The van der Waals surface area contributed by atoms with Crippen LogP contribution in [0.1, 0.15) is 53.0 Å². The number of hydrogen-bond donors (Lipinski definition) is 0. The molecule has 40 heavy (non-hydrogen) atoms. The minimum absolute atomic E-state index is 0.0267. The number of hydrogen-bond acceptors (Lipinski definition) is 6. The molecule has 5 rings (SSSR count). The predicted molar refractivity (Wildman–Crippen MR) is 153 cm³/mol. The lowest BCUT2D eigenvalue weighted by atomic mass is 9.90. The zero-order valence-electron chi connectivity index (χ0n) is 22.8. The van der Waals surface area contributed by atoms with Crippen LogP contribution in [-0.2, 0) is 0 Å². The summed E-state index contributed by atoms with van der Waals surface area (Å²) in [6.07, 6.45) is 5.46. The Balaban J connectivity index is 1.07. The molecule has 8 nitrogen and oxygen atoms in total. The van der Waals surface area contributed by atoms with Gasteiger partial charge in [0.05, 0.1) is 13.7 Å². The Bertz CT molecular complexity index is 1330. The monoisotopic (exact) mass is 538 g/mol. The molecule has 2 aliphatic heterocycles. The number of benzene rings is 2. The van der Waals surface area contributed by atoms with Gasteiger partial charge < -0.3 is 19.3 Å². The molecular weight excluding hydrogens is 504 g/mol. The van der Waals surface area contributed by atoms with Crippen molar-refractivity contribution in [2.24, 2.45) is 5.92 Å². The van der Waals surface area contributed by atoms with E-state index in [4.69, 9.17) is 16.0 Å². The molecule has 0 radical (unpaired) electrons. The van der Waals surface area contributed by atoms with Crippen molar-refractivity contribution in [3.05, 3.63) is 89.5 Å². The number of carbonyl (C=O) groups is 2. The van der Waals surface area contributed by atoms with E-state index in [0.717, 1.165) is 50.3 Å². The van der Waals surface area contributed by atoms with Crippen molar-refractivity contribution in [1.82, 2.24) is 9.88 Å².